The molecule has 0 bridgehead atoms. The van der Waals surface area contributed by atoms with E-state index in [0.29, 0.717) is 6.61 Å². The molecule has 0 aliphatic rings. The minimum atomic E-state index is -0.196. The molecule has 0 aliphatic heterocycles. The molecule has 0 heterocycles. The Morgan fingerprint density at radius 2 is 1.58 bits per heavy atom. The predicted octanol–water partition coefficient (Wildman–Crippen LogP) is 3.96. The van der Waals surface area contributed by atoms with Crippen LogP contribution >= 0.6 is 0 Å². The van der Waals surface area contributed by atoms with Crippen LogP contribution in [0.15, 0.2) is 48.5 Å². The summed E-state index contributed by atoms with van der Waals surface area (Å²) >= 11 is 0. The highest BCUT2D eigenvalue weighted by atomic mass is 19.1. The molecule has 24 heavy (non-hydrogen) atoms. The maximum atomic E-state index is 13.0. The Labute approximate surface area is 144 Å². The molecule has 130 valence electrons. The lowest BCUT2D eigenvalue weighted by Gasteiger charge is -2.25. The zero-order valence-electron chi connectivity index (χ0n) is 15.0. The molecule has 3 nitrogen and oxygen atoms in total. The molecule has 0 fully saturated rings. The Balaban J connectivity index is 1.89. The molecule has 2 aromatic carbocycles. The number of likely N-dealkylation sites (N-methyl/N-ethyl adjacent to an activating group) is 1. The summed E-state index contributed by atoms with van der Waals surface area (Å²) < 4.78 is 18.8. The molecule has 0 saturated carbocycles. The lowest BCUT2D eigenvalue weighted by atomic mass is 10.1. The number of rotatable bonds is 8. The van der Waals surface area contributed by atoms with E-state index in [-0.39, 0.29) is 11.9 Å². The molecule has 1 unspecified atom stereocenters. The fourth-order valence-electron chi connectivity index (χ4n) is 2.46. The van der Waals surface area contributed by atoms with Crippen LogP contribution in [0.4, 0.5) is 4.39 Å². The van der Waals surface area contributed by atoms with Crippen LogP contribution in [0.2, 0.25) is 0 Å². The SMILES string of the molecule is CC(c1ccc(F)cc1)N(C)Cc1ccc(OCCN(C)C)cc1. The van der Waals surface area contributed by atoms with Crippen molar-refractivity contribution in [1.82, 2.24) is 9.80 Å². The topological polar surface area (TPSA) is 15.7 Å². The average molecular weight is 330 g/mol. The molecule has 0 saturated heterocycles. The Kier molecular flexibility index (Phi) is 6.76. The summed E-state index contributed by atoms with van der Waals surface area (Å²) in [4.78, 5) is 4.34. The van der Waals surface area contributed by atoms with Gasteiger partial charge in [-0.15, -0.1) is 0 Å². The molecule has 0 spiro atoms. The van der Waals surface area contributed by atoms with Crippen LogP contribution in [-0.4, -0.2) is 44.1 Å². The van der Waals surface area contributed by atoms with E-state index in [0.717, 1.165) is 24.4 Å². The van der Waals surface area contributed by atoms with E-state index in [1.165, 1.54) is 17.7 Å². The van der Waals surface area contributed by atoms with Gasteiger partial charge in [-0.25, -0.2) is 4.39 Å². The second-order valence-corrected chi connectivity index (χ2v) is 6.44. The Bertz CT molecular complexity index is 611. The molecule has 0 aromatic heterocycles. The van der Waals surface area contributed by atoms with Crippen molar-refractivity contribution in [2.75, 3.05) is 34.3 Å². The lowest BCUT2D eigenvalue weighted by Crippen LogP contribution is -2.22. The van der Waals surface area contributed by atoms with Gasteiger partial charge in [-0.1, -0.05) is 24.3 Å². The number of nitrogens with zero attached hydrogens (tertiary/aromatic N) is 2. The molecule has 2 aromatic rings. The highest BCUT2D eigenvalue weighted by molar-refractivity contribution is 5.27. The van der Waals surface area contributed by atoms with Gasteiger partial charge in [0.25, 0.3) is 0 Å². The fraction of sp³-hybridized carbons (Fsp3) is 0.400. The van der Waals surface area contributed by atoms with Crippen molar-refractivity contribution in [2.45, 2.75) is 19.5 Å². The molecule has 0 N–H and O–H groups in total. The molecular formula is C20H27FN2O. The van der Waals surface area contributed by atoms with Crippen LogP contribution in [0.3, 0.4) is 0 Å². The molecule has 1 atom stereocenters. The first-order chi connectivity index (χ1) is 11.5. The average Bonchev–Trinajstić information content (AvgIpc) is 2.56. The number of hydrogen-bond donors (Lipinski definition) is 0. The van der Waals surface area contributed by atoms with Crippen LogP contribution in [0.25, 0.3) is 0 Å². The van der Waals surface area contributed by atoms with Crippen molar-refractivity contribution in [3.8, 4) is 5.75 Å². The summed E-state index contributed by atoms with van der Waals surface area (Å²) in [5.74, 6) is 0.702. The van der Waals surface area contributed by atoms with Gasteiger partial charge >= 0.3 is 0 Å². The summed E-state index contributed by atoms with van der Waals surface area (Å²) in [6.07, 6.45) is 0. The largest absolute Gasteiger partial charge is 0.492 e. The number of hydrogen-bond acceptors (Lipinski definition) is 3. The molecule has 2 rings (SSSR count). The quantitative estimate of drug-likeness (QED) is 0.729. The second-order valence-electron chi connectivity index (χ2n) is 6.44. The number of ether oxygens (including phenoxy) is 1. The lowest BCUT2D eigenvalue weighted by molar-refractivity contribution is 0.252. The maximum Gasteiger partial charge on any atom is 0.123 e. The van der Waals surface area contributed by atoms with Crippen molar-refractivity contribution in [3.05, 3.63) is 65.5 Å². The van der Waals surface area contributed by atoms with Crippen LogP contribution in [0.1, 0.15) is 24.1 Å². The Hall–Kier alpha value is -1.91. The van der Waals surface area contributed by atoms with Crippen LogP contribution < -0.4 is 4.74 Å². The minimum absolute atomic E-state index is 0.196. The first-order valence-electron chi connectivity index (χ1n) is 8.28. The highest BCUT2D eigenvalue weighted by Crippen LogP contribution is 2.22. The zero-order valence-corrected chi connectivity index (χ0v) is 15.0. The van der Waals surface area contributed by atoms with Gasteiger partial charge in [0, 0.05) is 19.1 Å². The molecule has 4 heteroatoms. The summed E-state index contributed by atoms with van der Waals surface area (Å²) in [5.41, 5.74) is 2.34. The summed E-state index contributed by atoms with van der Waals surface area (Å²) in [7, 11) is 6.14. The van der Waals surface area contributed by atoms with Gasteiger partial charge in [-0.3, -0.25) is 4.90 Å². The van der Waals surface area contributed by atoms with E-state index in [9.17, 15) is 4.39 Å². The third-order valence-electron chi connectivity index (χ3n) is 4.18. The van der Waals surface area contributed by atoms with Gasteiger partial charge < -0.3 is 9.64 Å². The van der Waals surface area contributed by atoms with Crippen molar-refractivity contribution >= 4 is 0 Å². The van der Waals surface area contributed by atoms with Crippen LogP contribution in [0.5, 0.6) is 5.75 Å². The van der Waals surface area contributed by atoms with E-state index in [2.05, 4.69) is 35.9 Å². The van der Waals surface area contributed by atoms with Crippen LogP contribution in [0, 0.1) is 5.82 Å². The van der Waals surface area contributed by atoms with Gasteiger partial charge in [0.05, 0.1) is 0 Å². The van der Waals surface area contributed by atoms with Crippen molar-refractivity contribution in [2.24, 2.45) is 0 Å². The predicted molar refractivity (Wildman–Crippen MR) is 96.8 cm³/mol. The van der Waals surface area contributed by atoms with Crippen molar-refractivity contribution in [3.63, 3.8) is 0 Å². The van der Waals surface area contributed by atoms with Crippen molar-refractivity contribution in [1.29, 1.82) is 0 Å². The Morgan fingerprint density at radius 1 is 0.958 bits per heavy atom. The monoisotopic (exact) mass is 330 g/mol. The van der Waals surface area contributed by atoms with E-state index in [1.807, 2.05) is 38.4 Å². The van der Waals surface area contributed by atoms with Gasteiger partial charge in [0.15, 0.2) is 0 Å². The van der Waals surface area contributed by atoms with Gasteiger partial charge in [-0.05, 0) is 63.5 Å². The number of benzene rings is 2. The minimum Gasteiger partial charge on any atom is -0.492 e. The van der Waals surface area contributed by atoms with E-state index >= 15 is 0 Å². The number of halogens is 1. The third-order valence-corrected chi connectivity index (χ3v) is 4.18. The first-order valence-corrected chi connectivity index (χ1v) is 8.28. The van der Waals surface area contributed by atoms with E-state index in [4.69, 9.17) is 4.74 Å². The summed E-state index contributed by atoms with van der Waals surface area (Å²) in [6.45, 7) is 4.55. The normalized spacial score (nSPS) is 12.6. The summed E-state index contributed by atoms with van der Waals surface area (Å²) in [6, 6.07) is 15.2. The summed E-state index contributed by atoms with van der Waals surface area (Å²) in [5, 5.41) is 0. The van der Waals surface area contributed by atoms with Crippen LogP contribution in [-0.2, 0) is 6.54 Å². The smallest absolute Gasteiger partial charge is 0.123 e. The molecule has 0 amide bonds. The van der Waals surface area contributed by atoms with Gasteiger partial charge in [0.1, 0.15) is 18.2 Å². The van der Waals surface area contributed by atoms with E-state index < -0.39 is 0 Å². The molecular weight excluding hydrogens is 303 g/mol. The third kappa shape index (κ3) is 5.62. The maximum absolute atomic E-state index is 13.0. The highest BCUT2D eigenvalue weighted by Gasteiger charge is 2.12. The standard InChI is InChI=1S/C20H27FN2O/c1-16(18-7-9-19(21)10-8-18)23(4)15-17-5-11-20(12-6-17)24-14-13-22(2)3/h5-12,16H,13-15H2,1-4H3. The molecule has 0 aliphatic carbocycles. The van der Waals surface area contributed by atoms with Gasteiger partial charge in [-0.2, -0.15) is 0 Å². The van der Waals surface area contributed by atoms with Gasteiger partial charge in [0.2, 0.25) is 0 Å². The zero-order chi connectivity index (χ0) is 17.5. The Morgan fingerprint density at radius 3 is 2.17 bits per heavy atom. The second kappa shape index (κ2) is 8.81. The molecule has 0 radical (unpaired) electrons. The fourth-order valence-corrected chi connectivity index (χ4v) is 2.46. The van der Waals surface area contributed by atoms with E-state index in [1.54, 1.807) is 0 Å². The first kappa shape index (κ1) is 18.4. The van der Waals surface area contributed by atoms with Crippen molar-refractivity contribution < 1.29 is 9.13 Å².